The summed E-state index contributed by atoms with van der Waals surface area (Å²) in [5, 5.41) is 8.43. The first-order chi connectivity index (χ1) is 5.35. The van der Waals surface area contributed by atoms with E-state index in [1.807, 2.05) is 0 Å². The van der Waals surface area contributed by atoms with E-state index in [0.717, 1.165) is 0 Å². The predicted molar refractivity (Wildman–Crippen MR) is 44.6 cm³/mol. The van der Waals surface area contributed by atoms with E-state index in [1.54, 1.807) is 0 Å². The largest absolute Gasteiger partial charge is 0.481 e. The molecule has 0 aliphatic rings. The Morgan fingerprint density at radius 1 is 1.67 bits per heavy atom. The van der Waals surface area contributed by atoms with Crippen LogP contribution >= 0.6 is 0 Å². The van der Waals surface area contributed by atoms with Gasteiger partial charge in [-0.2, -0.15) is 0 Å². The first kappa shape index (κ1) is 11.4. The molecule has 3 nitrogen and oxygen atoms in total. The fourth-order valence-corrected chi connectivity index (χ4v) is 1.17. The Hall–Kier alpha value is -0.640. The van der Waals surface area contributed by atoms with Crippen LogP contribution in [0.2, 0.25) is 0 Å². The van der Waals surface area contributed by atoms with Crippen molar-refractivity contribution in [3.63, 3.8) is 0 Å². The lowest BCUT2D eigenvalue weighted by Crippen LogP contribution is -2.25. The number of carboxylic acid groups (broad SMARTS) is 1. The van der Waals surface area contributed by atoms with Crippen LogP contribution in [-0.4, -0.2) is 23.3 Å². The summed E-state index contributed by atoms with van der Waals surface area (Å²) in [7, 11) is 0. The van der Waals surface area contributed by atoms with Gasteiger partial charge in [0.15, 0.2) is 0 Å². The molecule has 3 N–H and O–H groups in total. The van der Waals surface area contributed by atoms with Crippen LogP contribution in [0.3, 0.4) is 0 Å². The third-order valence-electron chi connectivity index (χ3n) is 1.57. The van der Waals surface area contributed by atoms with Crippen LogP contribution in [-0.2, 0) is 4.79 Å². The van der Waals surface area contributed by atoms with Gasteiger partial charge >= 0.3 is 5.97 Å². The van der Waals surface area contributed by atoms with Crippen molar-refractivity contribution in [2.45, 2.75) is 32.4 Å². The highest BCUT2D eigenvalue weighted by molar-refractivity contribution is 5.67. The molecule has 0 radical (unpaired) electrons. The highest BCUT2D eigenvalue weighted by Crippen LogP contribution is 2.21. The van der Waals surface area contributed by atoms with Gasteiger partial charge in [0.1, 0.15) is 5.67 Å². The van der Waals surface area contributed by atoms with Crippen molar-refractivity contribution in [1.29, 1.82) is 0 Å². The lowest BCUT2D eigenvalue weighted by molar-refractivity contribution is -0.138. The second-order valence-electron chi connectivity index (χ2n) is 3.62. The summed E-state index contributed by atoms with van der Waals surface area (Å²) in [5.74, 6) is -1.18. The maximum atomic E-state index is 13.0. The van der Waals surface area contributed by atoms with E-state index >= 15 is 0 Å². The molecule has 0 aromatic rings. The van der Waals surface area contributed by atoms with E-state index in [4.69, 9.17) is 10.8 Å². The molecule has 0 aromatic carbocycles. The zero-order chi connectivity index (χ0) is 9.78. The van der Waals surface area contributed by atoms with Gasteiger partial charge in [-0.05, 0) is 32.7 Å². The fourth-order valence-electron chi connectivity index (χ4n) is 1.17. The monoisotopic (exact) mass is 177 g/mol. The molecule has 0 bridgehead atoms. The number of hydrogen-bond acceptors (Lipinski definition) is 2. The van der Waals surface area contributed by atoms with Gasteiger partial charge in [0.25, 0.3) is 0 Å². The molecule has 0 aliphatic carbocycles. The molecule has 0 rings (SSSR count). The minimum Gasteiger partial charge on any atom is -0.481 e. The van der Waals surface area contributed by atoms with Crippen molar-refractivity contribution in [2.24, 2.45) is 11.7 Å². The Morgan fingerprint density at radius 2 is 2.17 bits per heavy atom. The summed E-state index contributed by atoms with van der Waals surface area (Å²) in [5.41, 5.74) is 3.96. The summed E-state index contributed by atoms with van der Waals surface area (Å²) in [6, 6.07) is 0. The Morgan fingerprint density at radius 3 is 2.42 bits per heavy atom. The van der Waals surface area contributed by atoms with Gasteiger partial charge in [0.2, 0.25) is 0 Å². The third-order valence-corrected chi connectivity index (χ3v) is 1.57. The van der Waals surface area contributed by atoms with Crippen LogP contribution in [0, 0.1) is 5.92 Å². The van der Waals surface area contributed by atoms with E-state index in [9.17, 15) is 9.18 Å². The minimum atomic E-state index is -1.33. The van der Waals surface area contributed by atoms with Crippen molar-refractivity contribution >= 4 is 5.97 Å². The molecule has 0 amide bonds. The van der Waals surface area contributed by atoms with Crippen molar-refractivity contribution in [3.8, 4) is 0 Å². The Bertz CT molecular complexity index is 154. The molecule has 0 unspecified atom stereocenters. The minimum absolute atomic E-state index is 0.0517. The molecule has 72 valence electrons. The van der Waals surface area contributed by atoms with Crippen molar-refractivity contribution < 1.29 is 14.3 Å². The maximum absolute atomic E-state index is 13.0. The van der Waals surface area contributed by atoms with Crippen molar-refractivity contribution in [1.82, 2.24) is 0 Å². The first-order valence-corrected chi connectivity index (χ1v) is 3.96. The van der Waals surface area contributed by atoms with Crippen molar-refractivity contribution in [2.75, 3.05) is 6.54 Å². The zero-order valence-corrected chi connectivity index (χ0v) is 7.51. The molecular weight excluding hydrogens is 161 g/mol. The second kappa shape index (κ2) is 4.40. The second-order valence-corrected chi connectivity index (χ2v) is 3.62. The number of aliphatic carboxylic acids is 1. The molecule has 0 heterocycles. The van der Waals surface area contributed by atoms with Crippen LogP contribution in [0.25, 0.3) is 0 Å². The van der Waals surface area contributed by atoms with Crippen molar-refractivity contribution in [3.05, 3.63) is 0 Å². The van der Waals surface area contributed by atoms with E-state index in [2.05, 4.69) is 0 Å². The third kappa shape index (κ3) is 6.09. The SMILES string of the molecule is CC(C)(F)C[C@H](CN)CC(=O)O. The lowest BCUT2D eigenvalue weighted by atomic mass is 9.92. The normalized spacial score (nSPS) is 14.3. The zero-order valence-electron chi connectivity index (χ0n) is 7.51. The molecule has 12 heavy (non-hydrogen) atoms. The van der Waals surface area contributed by atoms with E-state index in [1.165, 1.54) is 13.8 Å². The molecule has 0 spiro atoms. The summed E-state index contributed by atoms with van der Waals surface area (Å²) >= 11 is 0. The molecule has 0 saturated heterocycles. The number of alkyl halides is 1. The van der Waals surface area contributed by atoms with Crippen LogP contribution in [0.1, 0.15) is 26.7 Å². The number of halogens is 1. The standard InChI is InChI=1S/C8H16FNO2/c1-8(2,9)4-6(5-10)3-7(11)12/h6H,3-5,10H2,1-2H3,(H,11,12)/t6-/m1/s1. The molecular formula is C8H16FNO2. The lowest BCUT2D eigenvalue weighted by Gasteiger charge is -2.20. The summed E-state index contributed by atoms with van der Waals surface area (Å²) in [4.78, 5) is 10.3. The first-order valence-electron chi connectivity index (χ1n) is 3.96. The smallest absolute Gasteiger partial charge is 0.303 e. The van der Waals surface area contributed by atoms with E-state index in [-0.39, 0.29) is 25.3 Å². The molecule has 0 aliphatic heterocycles. The number of hydrogen-bond donors (Lipinski definition) is 2. The number of rotatable bonds is 5. The van der Waals surface area contributed by atoms with Crippen LogP contribution < -0.4 is 5.73 Å². The number of carbonyl (C=O) groups is 1. The highest BCUT2D eigenvalue weighted by Gasteiger charge is 2.23. The number of nitrogens with two attached hydrogens (primary N) is 1. The quantitative estimate of drug-likeness (QED) is 0.662. The van der Waals surface area contributed by atoms with Gasteiger partial charge in [-0.1, -0.05) is 0 Å². The molecule has 1 atom stereocenters. The Kier molecular flexibility index (Phi) is 4.17. The van der Waals surface area contributed by atoms with Gasteiger partial charge in [-0.25, -0.2) is 4.39 Å². The van der Waals surface area contributed by atoms with Gasteiger partial charge in [0.05, 0.1) is 0 Å². The van der Waals surface area contributed by atoms with Gasteiger partial charge in [-0.3, -0.25) is 4.79 Å². The molecule has 0 fully saturated rings. The van der Waals surface area contributed by atoms with E-state index < -0.39 is 11.6 Å². The van der Waals surface area contributed by atoms with Crippen LogP contribution in [0.4, 0.5) is 4.39 Å². The fraction of sp³-hybridized carbons (Fsp3) is 0.875. The predicted octanol–water partition coefficient (Wildman–Crippen LogP) is 1.17. The number of carboxylic acids is 1. The van der Waals surface area contributed by atoms with E-state index in [0.29, 0.717) is 0 Å². The molecule has 4 heteroatoms. The molecule has 0 aromatic heterocycles. The summed E-state index contributed by atoms with van der Waals surface area (Å²) in [6.07, 6.45) is 0.152. The average Bonchev–Trinajstić information content (AvgIpc) is 1.82. The van der Waals surface area contributed by atoms with Gasteiger partial charge in [0, 0.05) is 6.42 Å². The highest BCUT2D eigenvalue weighted by atomic mass is 19.1. The van der Waals surface area contributed by atoms with Gasteiger partial charge < -0.3 is 10.8 Å². The Labute approximate surface area is 71.8 Å². The Balaban J connectivity index is 3.92. The molecule has 0 saturated carbocycles. The van der Waals surface area contributed by atoms with Crippen LogP contribution in [0.15, 0.2) is 0 Å². The topological polar surface area (TPSA) is 63.3 Å². The summed E-state index contributed by atoms with van der Waals surface area (Å²) < 4.78 is 13.0. The summed E-state index contributed by atoms with van der Waals surface area (Å²) in [6.45, 7) is 3.08. The van der Waals surface area contributed by atoms with Crippen LogP contribution in [0.5, 0.6) is 0 Å². The average molecular weight is 177 g/mol. The maximum Gasteiger partial charge on any atom is 0.303 e. The van der Waals surface area contributed by atoms with Gasteiger partial charge in [-0.15, -0.1) is 0 Å².